The van der Waals surface area contributed by atoms with Gasteiger partial charge in [-0.2, -0.15) is 13.2 Å². The number of rotatable bonds is 4. The molecule has 0 atom stereocenters. The van der Waals surface area contributed by atoms with E-state index in [4.69, 9.17) is 0 Å². The predicted octanol–water partition coefficient (Wildman–Crippen LogP) is 2.37. The Hall–Kier alpha value is -1.24. The molecular weight excluding hydrogens is 253 g/mol. The van der Waals surface area contributed by atoms with Gasteiger partial charge in [0, 0.05) is 18.0 Å². The molecule has 1 amide bonds. The van der Waals surface area contributed by atoms with E-state index in [2.05, 4.69) is 10.3 Å². The van der Waals surface area contributed by atoms with Crippen molar-refractivity contribution in [3.05, 3.63) is 29.6 Å². The lowest BCUT2D eigenvalue weighted by molar-refractivity contribution is -0.0327. The molecule has 0 unspecified atom stereocenters. The van der Waals surface area contributed by atoms with Crippen LogP contribution in [0.4, 0.5) is 13.2 Å². The summed E-state index contributed by atoms with van der Waals surface area (Å²) >= 11 is -0.161. The van der Waals surface area contributed by atoms with Crippen LogP contribution in [0.5, 0.6) is 0 Å². The minimum absolute atomic E-state index is 0.0430. The molecule has 0 saturated carbocycles. The molecule has 0 saturated heterocycles. The average Bonchev–Trinajstić information content (AvgIpc) is 2.23. The number of carbonyl (C=O) groups is 1. The molecule has 0 fully saturated rings. The summed E-state index contributed by atoms with van der Waals surface area (Å²) in [4.78, 5) is 15.4. The number of nitrogens with zero attached hydrogens (tertiary/aromatic N) is 1. The Bertz CT molecular complexity index is 395. The van der Waals surface area contributed by atoms with Crippen molar-refractivity contribution in [3.8, 4) is 0 Å². The minimum Gasteiger partial charge on any atom is -0.350 e. The van der Waals surface area contributed by atoms with Gasteiger partial charge in [-0.1, -0.05) is 6.07 Å². The van der Waals surface area contributed by atoms with E-state index in [0.717, 1.165) is 0 Å². The van der Waals surface area contributed by atoms with Crippen molar-refractivity contribution in [1.29, 1.82) is 0 Å². The molecule has 1 heterocycles. The Labute approximate surface area is 101 Å². The number of aromatic nitrogens is 1. The largest absolute Gasteiger partial charge is 0.441 e. The van der Waals surface area contributed by atoms with Gasteiger partial charge in [0.2, 0.25) is 0 Å². The fourth-order valence-corrected chi connectivity index (χ4v) is 1.53. The highest BCUT2D eigenvalue weighted by molar-refractivity contribution is 8.00. The third kappa shape index (κ3) is 5.58. The van der Waals surface area contributed by atoms with Crippen LogP contribution in [0, 0.1) is 6.92 Å². The van der Waals surface area contributed by atoms with Crippen molar-refractivity contribution in [3.63, 3.8) is 0 Å². The molecule has 0 radical (unpaired) electrons. The summed E-state index contributed by atoms with van der Waals surface area (Å²) in [6.45, 7) is 1.69. The number of thioether (sulfide) groups is 1. The van der Waals surface area contributed by atoms with Crippen molar-refractivity contribution >= 4 is 17.7 Å². The van der Waals surface area contributed by atoms with Crippen LogP contribution in [0.15, 0.2) is 18.2 Å². The second-order valence-corrected chi connectivity index (χ2v) is 4.37. The molecule has 7 heteroatoms. The van der Waals surface area contributed by atoms with E-state index in [0.29, 0.717) is 5.69 Å². The monoisotopic (exact) mass is 264 g/mol. The van der Waals surface area contributed by atoms with Crippen molar-refractivity contribution in [1.82, 2.24) is 10.3 Å². The summed E-state index contributed by atoms with van der Waals surface area (Å²) in [6, 6.07) is 4.91. The lowest BCUT2D eigenvalue weighted by Gasteiger charge is -2.07. The lowest BCUT2D eigenvalue weighted by atomic mass is 10.3. The highest BCUT2D eigenvalue weighted by Gasteiger charge is 2.27. The van der Waals surface area contributed by atoms with Gasteiger partial charge in [-0.15, -0.1) is 0 Å². The first kappa shape index (κ1) is 13.8. The Morgan fingerprint density at radius 3 is 2.76 bits per heavy atom. The second kappa shape index (κ2) is 5.90. The smallest absolute Gasteiger partial charge is 0.350 e. The highest BCUT2D eigenvalue weighted by atomic mass is 32.2. The summed E-state index contributed by atoms with van der Waals surface area (Å²) in [5.74, 6) is -0.669. The number of nitrogens with one attached hydrogen (secondary N) is 1. The van der Waals surface area contributed by atoms with Gasteiger partial charge in [-0.05, 0) is 30.8 Å². The standard InChI is InChI=1S/C10H11F3N2OS/c1-7-3-2-4-8(15-7)9(16)14-5-6-17-10(11,12)13/h2-4H,5-6H2,1H3,(H,14,16). The fraction of sp³-hybridized carbons (Fsp3) is 0.400. The van der Waals surface area contributed by atoms with E-state index in [1.54, 1.807) is 19.1 Å². The summed E-state index contributed by atoms with van der Waals surface area (Å²) in [5, 5.41) is 2.38. The zero-order valence-corrected chi connectivity index (χ0v) is 9.86. The van der Waals surface area contributed by atoms with E-state index in [1.165, 1.54) is 6.07 Å². The Balaban J connectivity index is 2.36. The normalized spacial score (nSPS) is 11.3. The number of hydrogen-bond donors (Lipinski definition) is 1. The average molecular weight is 264 g/mol. The molecule has 94 valence electrons. The van der Waals surface area contributed by atoms with Crippen LogP contribution in [-0.2, 0) is 0 Å². The van der Waals surface area contributed by atoms with Crippen molar-refractivity contribution in [2.45, 2.75) is 12.4 Å². The molecule has 0 aromatic carbocycles. The third-order valence-electron chi connectivity index (χ3n) is 1.77. The Kier molecular flexibility index (Phi) is 4.80. The fourth-order valence-electron chi connectivity index (χ4n) is 1.09. The zero-order valence-electron chi connectivity index (χ0n) is 9.04. The number of carbonyl (C=O) groups excluding carboxylic acids is 1. The zero-order chi connectivity index (χ0) is 12.9. The van der Waals surface area contributed by atoms with Crippen LogP contribution in [0.25, 0.3) is 0 Å². The molecule has 0 aliphatic carbocycles. The van der Waals surface area contributed by atoms with Gasteiger partial charge >= 0.3 is 5.51 Å². The first-order chi connectivity index (χ1) is 7.88. The SMILES string of the molecule is Cc1cccc(C(=O)NCCSC(F)(F)F)n1. The molecule has 1 rings (SSSR count). The highest BCUT2D eigenvalue weighted by Crippen LogP contribution is 2.29. The first-order valence-corrected chi connectivity index (χ1v) is 5.79. The molecule has 0 spiro atoms. The molecular formula is C10H11F3N2OS. The Morgan fingerprint density at radius 2 is 2.18 bits per heavy atom. The van der Waals surface area contributed by atoms with Gasteiger partial charge in [0.1, 0.15) is 5.69 Å². The number of alkyl halides is 3. The molecule has 3 nitrogen and oxygen atoms in total. The van der Waals surface area contributed by atoms with E-state index >= 15 is 0 Å². The van der Waals surface area contributed by atoms with Crippen LogP contribution in [0.1, 0.15) is 16.2 Å². The number of hydrogen-bond acceptors (Lipinski definition) is 3. The minimum atomic E-state index is -4.26. The molecule has 1 N–H and O–H groups in total. The number of pyridine rings is 1. The van der Waals surface area contributed by atoms with Gasteiger partial charge in [0.15, 0.2) is 0 Å². The van der Waals surface area contributed by atoms with Crippen LogP contribution < -0.4 is 5.32 Å². The topological polar surface area (TPSA) is 42.0 Å². The quantitative estimate of drug-likeness (QED) is 0.849. The predicted molar refractivity (Wildman–Crippen MR) is 59.8 cm³/mol. The van der Waals surface area contributed by atoms with Gasteiger partial charge in [0.25, 0.3) is 5.91 Å². The van der Waals surface area contributed by atoms with Crippen molar-refractivity contribution in [2.24, 2.45) is 0 Å². The van der Waals surface area contributed by atoms with Crippen molar-refractivity contribution in [2.75, 3.05) is 12.3 Å². The van der Waals surface area contributed by atoms with Gasteiger partial charge < -0.3 is 5.32 Å². The first-order valence-electron chi connectivity index (χ1n) is 4.81. The van der Waals surface area contributed by atoms with E-state index in [-0.39, 0.29) is 29.8 Å². The molecule has 1 aromatic rings. The van der Waals surface area contributed by atoms with Crippen LogP contribution in [0.3, 0.4) is 0 Å². The maximum atomic E-state index is 11.8. The maximum Gasteiger partial charge on any atom is 0.441 e. The van der Waals surface area contributed by atoms with Gasteiger partial charge in [-0.25, -0.2) is 4.98 Å². The summed E-state index contributed by atoms with van der Waals surface area (Å²) in [7, 11) is 0. The molecule has 17 heavy (non-hydrogen) atoms. The van der Waals surface area contributed by atoms with Crippen LogP contribution in [0.2, 0.25) is 0 Å². The van der Waals surface area contributed by atoms with E-state index in [9.17, 15) is 18.0 Å². The van der Waals surface area contributed by atoms with Gasteiger partial charge in [-0.3, -0.25) is 4.79 Å². The summed E-state index contributed by atoms with van der Waals surface area (Å²) in [6.07, 6.45) is 0. The molecule has 0 aliphatic rings. The van der Waals surface area contributed by atoms with E-state index in [1.807, 2.05) is 0 Å². The number of halogens is 3. The molecule has 1 aromatic heterocycles. The van der Waals surface area contributed by atoms with Crippen LogP contribution in [-0.4, -0.2) is 28.7 Å². The summed E-state index contributed by atoms with van der Waals surface area (Å²) in [5.41, 5.74) is -3.36. The van der Waals surface area contributed by atoms with E-state index < -0.39 is 11.4 Å². The maximum absolute atomic E-state index is 11.8. The molecule has 0 aliphatic heterocycles. The number of aryl methyl sites for hydroxylation is 1. The molecule has 0 bridgehead atoms. The second-order valence-electron chi connectivity index (χ2n) is 3.21. The van der Waals surface area contributed by atoms with Gasteiger partial charge in [0.05, 0.1) is 0 Å². The van der Waals surface area contributed by atoms with Crippen LogP contribution >= 0.6 is 11.8 Å². The lowest BCUT2D eigenvalue weighted by Crippen LogP contribution is -2.27. The van der Waals surface area contributed by atoms with Crippen molar-refractivity contribution < 1.29 is 18.0 Å². The summed E-state index contributed by atoms with van der Waals surface area (Å²) < 4.78 is 35.4. The Morgan fingerprint density at radius 1 is 1.47 bits per heavy atom. The third-order valence-corrected chi connectivity index (χ3v) is 2.51. The number of amides is 1.